The van der Waals surface area contributed by atoms with Gasteiger partial charge in [0.2, 0.25) is 0 Å². The molecule has 1 aromatic heterocycles. The molecule has 9 heteroatoms. The van der Waals surface area contributed by atoms with Gasteiger partial charge < -0.3 is 4.74 Å². The first kappa shape index (κ1) is 21.5. The molecule has 1 aliphatic rings. The van der Waals surface area contributed by atoms with Crippen molar-refractivity contribution in [3.63, 3.8) is 0 Å². The number of halogens is 2. The number of amides is 2. The number of fused-ring (bicyclic) bond motifs is 2. The summed E-state index contributed by atoms with van der Waals surface area (Å²) in [5.41, 5.74) is 1.34. The SMILES string of the molecule is COc1ccc(-n2c(CN3C(=O)c4ccccc4C3=O)nc3c(Br)cc(Br)cc3c2=O)cc1. The van der Waals surface area contributed by atoms with E-state index in [2.05, 4.69) is 31.9 Å². The van der Waals surface area contributed by atoms with E-state index in [1.165, 1.54) is 4.57 Å². The van der Waals surface area contributed by atoms with Crippen LogP contribution in [0.25, 0.3) is 16.6 Å². The van der Waals surface area contributed by atoms with Gasteiger partial charge in [-0.3, -0.25) is 23.9 Å². The van der Waals surface area contributed by atoms with Gasteiger partial charge in [0.1, 0.15) is 11.6 Å². The molecule has 0 N–H and O–H groups in total. The van der Waals surface area contributed by atoms with Crippen LogP contribution in [-0.2, 0) is 6.54 Å². The summed E-state index contributed by atoms with van der Waals surface area (Å²) in [4.78, 5) is 45.4. The number of hydrogen-bond acceptors (Lipinski definition) is 5. The lowest BCUT2D eigenvalue weighted by atomic mass is 10.1. The average Bonchev–Trinajstić information content (AvgIpc) is 3.05. The van der Waals surface area contributed by atoms with Crippen molar-refractivity contribution < 1.29 is 14.3 Å². The zero-order chi connectivity index (χ0) is 23.3. The van der Waals surface area contributed by atoms with Crippen molar-refractivity contribution in [2.45, 2.75) is 6.54 Å². The Morgan fingerprint density at radius 1 is 0.909 bits per heavy atom. The van der Waals surface area contributed by atoms with Crippen LogP contribution in [0, 0.1) is 0 Å². The van der Waals surface area contributed by atoms with E-state index in [0.717, 1.165) is 9.37 Å². The lowest BCUT2D eigenvalue weighted by Crippen LogP contribution is -2.33. The normalized spacial score (nSPS) is 13.0. The van der Waals surface area contributed by atoms with Gasteiger partial charge in [0.25, 0.3) is 17.4 Å². The van der Waals surface area contributed by atoms with Crippen LogP contribution in [0.5, 0.6) is 5.75 Å². The molecule has 164 valence electrons. The molecule has 2 amide bonds. The quantitative estimate of drug-likeness (QED) is 0.333. The summed E-state index contributed by atoms with van der Waals surface area (Å²) in [5, 5.41) is 0.387. The van der Waals surface area contributed by atoms with Gasteiger partial charge in [0.15, 0.2) is 0 Å². The molecule has 0 fully saturated rings. The van der Waals surface area contributed by atoms with E-state index in [0.29, 0.717) is 37.9 Å². The van der Waals surface area contributed by atoms with E-state index in [-0.39, 0.29) is 17.9 Å². The highest BCUT2D eigenvalue weighted by Crippen LogP contribution is 2.28. The van der Waals surface area contributed by atoms with Gasteiger partial charge in [-0.25, -0.2) is 4.98 Å². The minimum absolute atomic E-state index is 0.161. The summed E-state index contributed by atoms with van der Waals surface area (Å²) in [6.45, 7) is -0.161. The lowest BCUT2D eigenvalue weighted by molar-refractivity contribution is 0.0637. The molecule has 5 rings (SSSR count). The number of carbonyl (C=O) groups is 2. The Labute approximate surface area is 204 Å². The fourth-order valence-electron chi connectivity index (χ4n) is 3.89. The van der Waals surface area contributed by atoms with Gasteiger partial charge in [0, 0.05) is 8.95 Å². The van der Waals surface area contributed by atoms with E-state index in [1.807, 2.05) is 0 Å². The number of imide groups is 1. The number of carbonyl (C=O) groups excluding carboxylic acids is 2. The number of benzene rings is 3. The number of hydrogen-bond donors (Lipinski definition) is 0. The summed E-state index contributed by atoms with van der Waals surface area (Å²) in [5.74, 6) is 0.0605. The maximum absolute atomic E-state index is 13.6. The van der Waals surface area contributed by atoms with E-state index >= 15 is 0 Å². The molecular formula is C24H15Br2N3O4. The number of aromatic nitrogens is 2. The van der Waals surface area contributed by atoms with Gasteiger partial charge >= 0.3 is 0 Å². The molecule has 0 atom stereocenters. The van der Waals surface area contributed by atoms with Crippen molar-refractivity contribution in [2.75, 3.05) is 7.11 Å². The molecular weight excluding hydrogens is 554 g/mol. The first-order valence-corrected chi connectivity index (χ1v) is 11.5. The summed E-state index contributed by atoms with van der Waals surface area (Å²) >= 11 is 6.89. The second-order valence-electron chi connectivity index (χ2n) is 7.39. The number of methoxy groups -OCH3 is 1. The standard InChI is InChI=1S/C24H15Br2N3O4/c1-33-15-8-6-14(7-9-15)29-20(27-21-18(24(29)32)10-13(25)11-19(21)26)12-28-22(30)16-4-2-3-5-17(16)23(28)31/h2-11H,12H2,1H3. The van der Waals surface area contributed by atoms with Gasteiger partial charge in [-0.2, -0.15) is 0 Å². The highest BCUT2D eigenvalue weighted by atomic mass is 79.9. The van der Waals surface area contributed by atoms with Crippen LogP contribution in [0.15, 0.2) is 74.4 Å². The van der Waals surface area contributed by atoms with E-state index in [9.17, 15) is 14.4 Å². The third-order valence-corrected chi connectivity index (χ3v) is 6.53. The fourth-order valence-corrected chi connectivity index (χ4v) is 5.20. The van der Waals surface area contributed by atoms with Crippen molar-refractivity contribution in [1.29, 1.82) is 0 Å². The first-order chi connectivity index (χ1) is 15.9. The zero-order valence-corrected chi connectivity index (χ0v) is 20.4. The minimum atomic E-state index is -0.416. The lowest BCUT2D eigenvalue weighted by Gasteiger charge is -2.19. The van der Waals surface area contributed by atoms with Crippen LogP contribution in [0.4, 0.5) is 0 Å². The number of rotatable bonds is 4. The van der Waals surface area contributed by atoms with Crippen LogP contribution >= 0.6 is 31.9 Å². The molecule has 2 heterocycles. The third kappa shape index (κ3) is 3.57. The number of ether oxygens (including phenoxy) is 1. The molecule has 7 nitrogen and oxygen atoms in total. The Hall–Kier alpha value is -3.30. The Kier molecular flexibility index (Phi) is 5.38. The van der Waals surface area contributed by atoms with Gasteiger partial charge in [-0.15, -0.1) is 0 Å². The second kappa shape index (κ2) is 8.24. The fraction of sp³-hybridized carbons (Fsp3) is 0.0833. The Bertz CT molecular complexity index is 1480. The topological polar surface area (TPSA) is 81.5 Å². The van der Waals surface area contributed by atoms with E-state index in [4.69, 9.17) is 9.72 Å². The molecule has 0 saturated heterocycles. The van der Waals surface area contributed by atoms with Crippen LogP contribution < -0.4 is 10.3 Å². The Morgan fingerprint density at radius 3 is 2.15 bits per heavy atom. The molecule has 3 aromatic carbocycles. The van der Waals surface area contributed by atoms with Crippen molar-refractivity contribution in [1.82, 2.24) is 14.5 Å². The summed E-state index contributed by atoms with van der Waals surface area (Å²) in [6, 6.07) is 17.1. The average molecular weight is 569 g/mol. The van der Waals surface area contributed by atoms with Crippen molar-refractivity contribution in [3.8, 4) is 11.4 Å². The maximum Gasteiger partial charge on any atom is 0.266 e. The molecule has 0 saturated carbocycles. The highest BCUT2D eigenvalue weighted by Gasteiger charge is 2.36. The van der Waals surface area contributed by atoms with Crippen molar-refractivity contribution in [3.05, 3.63) is 96.9 Å². The number of nitrogens with zero attached hydrogens (tertiary/aromatic N) is 3. The monoisotopic (exact) mass is 567 g/mol. The van der Waals surface area contributed by atoms with Crippen molar-refractivity contribution >= 4 is 54.6 Å². The molecule has 1 aliphatic heterocycles. The predicted octanol–water partition coefficient (Wildman–Crippen LogP) is 4.72. The maximum atomic E-state index is 13.6. The first-order valence-electron chi connectivity index (χ1n) is 9.89. The molecule has 0 unspecified atom stereocenters. The smallest absolute Gasteiger partial charge is 0.266 e. The summed E-state index contributed by atoms with van der Waals surface area (Å²) in [6.07, 6.45) is 0. The van der Waals surface area contributed by atoms with Gasteiger partial charge in [0.05, 0.1) is 41.4 Å². The Morgan fingerprint density at radius 2 is 1.55 bits per heavy atom. The summed E-state index contributed by atoms with van der Waals surface area (Å²) < 4.78 is 7.98. The van der Waals surface area contributed by atoms with Crippen LogP contribution in [0.2, 0.25) is 0 Å². The molecule has 0 bridgehead atoms. The largest absolute Gasteiger partial charge is 0.497 e. The van der Waals surface area contributed by atoms with Crippen LogP contribution in [-0.4, -0.2) is 33.4 Å². The van der Waals surface area contributed by atoms with Gasteiger partial charge in [-0.05, 0) is 64.5 Å². The second-order valence-corrected chi connectivity index (χ2v) is 9.16. The molecule has 0 aliphatic carbocycles. The van der Waals surface area contributed by atoms with E-state index < -0.39 is 11.8 Å². The highest BCUT2D eigenvalue weighted by molar-refractivity contribution is 9.11. The summed E-state index contributed by atoms with van der Waals surface area (Å²) in [7, 11) is 1.56. The van der Waals surface area contributed by atoms with Crippen LogP contribution in [0.3, 0.4) is 0 Å². The third-order valence-electron chi connectivity index (χ3n) is 5.47. The van der Waals surface area contributed by atoms with Crippen LogP contribution in [0.1, 0.15) is 26.5 Å². The molecule has 33 heavy (non-hydrogen) atoms. The van der Waals surface area contributed by atoms with Gasteiger partial charge in [-0.1, -0.05) is 28.1 Å². The molecule has 4 aromatic rings. The van der Waals surface area contributed by atoms with E-state index in [1.54, 1.807) is 67.8 Å². The zero-order valence-electron chi connectivity index (χ0n) is 17.2. The molecule has 0 spiro atoms. The minimum Gasteiger partial charge on any atom is -0.497 e. The Balaban J connectivity index is 1.71. The molecule has 0 radical (unpaired) electrons. The van der Waals surface area contributed by atoms with Crippen molar-refractivity contribution in [2.24, 2.45) is 0 Å². The predicted molar refractivity (Wildman–Crippen MR) is 130 cm³/mol.